The molecule has 3 aromatic heterocycles. The second-order valence-electron chi connectivity index (χ2n) is 6.01. The first-order valence-corrected chi connectivity index (χ1v) is 9.67. The average Bonchev–Trinajstić information content (AvgIpc) is 3.45. The number of thioether (sulfide) groups is 1. The highest BCUT2D eigenvalue weighted by atomic mass is 32.2. The zero-order valence-corrected chi connectivity index (χ0v) is 15.5. The lowest BCUT2D eigenvalue weighted by Gasteiger charge is -2.06. The van der Waals surface area contributed by atoms with Gasteiger partial charge >= 0.3 is 0 Å². The van der Waals surface area contributed by atoms with E-state index in [1.807, 2.05) is 66.7 Å². The predicted molar refractivity (Wildman–Crippen MR) is 107 cm³/mol. The molecule has 0 unspecified atom stereocenters. The highest BCUT2D eigenvalue weighted by Gasteiger charge is 2.14. The predicted octanol–water partition coefficient (Wildman–Crippen LogP) is 5.23. The maximum atomic E-state index is 5.46. The van der Waals surface area contributed by atoms with Gasteiger partial charge in [0, 0.05) is 10.9 Å². The lowest BCUT2D eigenvalue weighted by atomic mass is 10.2. The van der Waals surface area contributed by atoms with E-state index >= 15 is 0 Å². The molecule has 28 heavy (non-hydrogen) atoms. The number of rotatable bonds is 5. The van der Waals surface area contributed by atoms with Crippen LogP contribution in [0.5, 0.6) is 0 Å². The highest BCUT2D eigenvalue weighted by molar-refractivity contribution is 7.98. The standard InChI is InChI=1S/C21H14N4O2S/c1-2-7-14(8-3-1)19-23-18(27-25-19)13-28-21-15-9-4-5-10-16(15)22-20(24-21)17-11-6-12-26-17/h1-12H,13H2. The lowest BCUT2D eigenvalue weighted by molar-refractivity contribution is 0.391. The number of nitrogens with zero attached hydrogens (tertiary/aromatic N) is 4. The third kappa shape index (κ3) is 3.27. The Bertz CT molecular complexity index is 1220. The molecule has 0 aliphatic rings. The summed E-state index contributed by atoms with van der Waals surface area (Å²) in [6.45, 7) is 0. The van der Waals surface area contributed by atoms with Gasteiger partial charge in [-0.2, -0.15) is 4.98 Å². The first kappa shape index (κ1) is 16.7. The summed E-state index contributed by atoms with van der Waals surface area (Å²) in [5.74, 6) is 2.84. The molecule has 0 amide bonds. The number of para-hydroxylation sites is 1. The summed E-state index contributed by atoms with van der Waals surface area (Å²) in [4.78, 5) is 13.8. The molecule has 6 nitrogen and oxygen atoms in total. The van der Waals surface area contributed by atoms with Gasteiger partial charge in [-0.05, 0) is 18.2 Å². The molecular formula is C21H14N4O2S. The summed E-state index contributed by atoms with van der Waals surface area (Å²) < 4.78 is 10.9. The molecule has 0 radical (unpaired) electrons. The van der Waals surface area contributed by atoms with Crippen LogP contribution in [0.15, 0.2) is 87.0 Å². The van der Waals surface area contributed by atoms with E-state index in [1.54, 1.807) is 6.26 Å². The molecular weight excluding hydrogens is 372 g/mol. The Morgan fingerprint density at radius 3 is 2.50 bits per heavy atom. The van der Waals surface area contributed by atoms with E-state index in [4.69, 9.17) is 13.9 Å². The Morgan fingerprint density at radius 2 is 1.64 bits per heavy atom. The molecule has 0 fully saturated rings. The molecule has 7 heteroatoms. The van der Waals surface area contributed by atoms with Crippen LogP contribution in [0, 0.1) is 0 Å². The third-order valence-electron chi connectivity index (χ3n) is 4.14. The maximum Gasteiger partial charge on any atom is 0.237 e. The van der Waals surface area contributed by atoms with Crippen LogP contribution in [-0.2, 0) is 5.75 Å². The van der Waals surface area contributed by atoms with Crippen LogP contribution in [0.4, 0.5) is 0 Å². The van der Waals surface area contributed by atoms with Crippen molar-refractivity contribution in [2.45, 2.75) is 10.8 Å². The van der Waals surface area contributed by atoms with Gasteiger partial charge in [-0.15, -0.1) is 0 Å². The van der Waals surface area contributed by atoms with Crippen LogP contribution in [0.2, 0.25) is 0 Å². The van der Waals surface area contributed by atoms with Gasteiger partial charge in [0.25, 0.3) is 0 Å². The highest BCUT2D eigenvalue weighted by Crippen LogP contribution is 2.30. The fraction of sp³-hybridized carbons (Fsp3) is 0.0476. The monoisotopic (exact) mass is 386 g/mol. The van der Waals surface area contributed by atoms with E-state index in [1.165, 1.54) is 11.8 Å². The van der Waals surface area contributed by atoms with Gasteiger partial charge in [0.1, 0.15) is 5.03 Å². The van der Waals surface area contributed by atoms with Gasteiger partial charge in [0.05, 0.1) is 17.5 Å². The molecule has 0 aliphatic carbocycles. The van der Waals surface area contributed by atoms with Crippen molar-refractivity contribution in [3.63, 3.8) is 0 Å². The van der Waals surface area contributed by atoms with E-state index in [2.05, 4.69) is 15.1 Å². The van der Waals surface area contributed by atoms with Crippen LogP contribution in [0.25, 0.3) is 33.9 Å². The number of furan rings is 1. The van der Waals surface area contributed by atoms with Crippen molar-refractivity contribution in [1.82, 2.24) is 20.1 Å². The number of hydrogen-bond donors (Lipinski definition) is 0. The van der Waals surface area contributed by atoms with Gasteiger partial charge in [-0.25, -0.2) is 9.97 Å². The number of hydrogen-bond acceptors (Lipinski definition) is 7. The fourth-order valence-corrected chi connectivity index (χ4v) is 3.68. The minimum Gasteiger partial charge on any atom is -0.461 e. The molecule has 0 atom stereocenters. The average molecular weight is 386 g/mol. The Morgan fingerprint density at radius 1 is 0.786 bits per heavy atom. The molecule has 0 spiro atoms. The summed E-state index contributed by atoms with van der Waals surface area (Å²) in [6, 6.07) is 21.3. The van der Waals surface area contributed by atoms with E-state index in [0.29, 0.717) is 29.1 Å². The topological polar surface area (TPSA) is 77.8 Å². The molecule has 2 aromatic carbocycles. The SMILES string of the molecule is c1ccc(-c2noc(CSc3nc(-c4ccco4)nc4ccccc34)n2)cc1. The first-order chi connectivity index (χ1) is 13.9. The second kappa shape index (κ2) is 7.28. The molecule has 0 saturated heterocycles. The molecule has 0 saturated carbocycles. The Hall–Kier alpha value is -3.45. The van der Waals surface area contributed by atoms with Gasteiger partial charge < -0.3 is 8.94 Å². The zero-order valence-electron chi connectivity index (χ0n) is 14.6. The van der Waals surface area contributed by atoms with Crippen molar-refractivity contribution in [1.29, 1.82) is 0 Å². The smallest absolute Gasteiger partial charge is 0.237 e. The molecule has 5 rings (SSSR count). The van der Waals surface area contributed by atoms with Gasteiger partial charge in [0.15, 0.2) is 11.6 Å². The summed E-state index contributed by atoms with van der Waals surface area (Å²) in [6.07, 6.45) is 1.62. The lowest BCUT2D eigenvalue weighted by Crippen LogP contribution is -1.93. The zero-order chi connectivity index (χ0) is 18.8. The van der Waals surface area contributed by atoms with E-state index in [0.717, 1.165) is 21.5 Å². The Balaban J connectivity index is 1.44. The summed E-state index contributed by atoms with van der Waals surface area (Å²) >= 11 is 1.53. The first-order valence-electron chi connectivity index (χ1n) is 8.68. The maximum absolute atomic E-state index is 5.46. The fourth-order valence-electron chi connectivity index (χ4n) is 2.82. The molecule has 136 valence electrons. The quantitative estimate of drug-likeness (QED) is 0.302. The summed E-state index contributed by atoms with van der Waals surface area (Å²) in [7, 11) is 0. The van der Waals surface area contributed by atoms with E-state index < -0.39 is 0 Å². The van der Waals surface area contributed by atoms with Crippen LogP contribution in [0.3, 0.4) is 0 Å². The minimum absolute atomic E-state index is 0.512. The van der Waals surface area contributed by atoms with Gasteiger partial charge in [-0.1, -0.05) is 65.4 Å². The van der Waals surface area contributed by atoms with Gasteiger partial charge in [-0.3, -0.25) is 0 Å². The van der Waals surface area contributed by atoms with Crippen molar-refractivity contribution >= 4 is 22.7 Å². The molecule has 5 aromatic rings. The summed E-state index contributed by atoms with van der Waals surface area (Å²) in [5, 5.41) is 5.89. The largest absolute Gasteiger partial charge is 0.461 e. The van der Waals surface area contributed by atoms with Crippen LogP contribution >= 0.6 is 11.8 Å². The van der Waals surface area contributed by atoms with Crippen molar-refractivity contribution < 1.29 is 8.94 Å². The van der Waals surface area contributed by atoms with Crippen molar-refractivity contribution in [3.8, 4) is 23.0 Å². The number of aromatic nitrogens is 4. The molecule has 0 bridgehead atoms. The summed E-state index contributed by atoms with van der Waals surface area (Å²) in [5.41, 5.74) is 1.79. The van der Waals surface area contributed by atoms with Crippen molar-refractivity contribution in [3.05, 3.63) is 78.9 Å². The normalized spacial score (nSPS) is 11.1. The van der Waals surface area contributed by atoms with Crippen LogP contribution < -0.4 is 0 Å². The second-order valence-corrected chi connectivity index (χ2v) is 6.98. The van der Waals surface area contributed by atoms with Crippen molar-refractivity contribution in [2.24, 2.45) is 0 Å². The van der Waals surface area contributed by atoms with E-state index in [9.17, 15) is 0 Å². The van der Waals surface area contributed by atoms with E-state index in [-0.39, 0.29) is 0 Å². The Kier molecular flexibility index (Phi) is 4.34. The molecule has 3 heterocycles. The minimum atomic E-state index is 0.512. The van der Waals surface area contributed by atoms with Gasteiger partial charge in [0.2, 0.25) is 11.7 Å². The molecule has 0 N–H and O–H groups in total. The number of benzene rings is 2. The van der Waals surface area contributed by atoms with Crippen molar-refractivity contribution in [2.75, 3.05) is 0 Å². The third-order valence-corrected chi connectivity index (χ3v) is 5.12. The molecule has 0 aliphatic heterocycles. The number of fused-ring (bicyclic) bond motifs is 1. The Labute approximate surface area is 164 Å². The van der Waals surface area contributed by atoms with Crippen LogP contribution in [0.1, 0.15) is 5.89 Å². The van der Waals surface area contributed by atoms with Crippen LogP contribution in [-0.4, -0.2) is 20.1 Å².